The van der Waals surface area contributed by atoms with E-state index in [4.69, 9.17) is 26.4 Å². The van der Waals surface area contributed by atoms with Crippen molar-refractivity contribution in [3.05, 3.63) is 65.2 Å². The summed E-state index contributed by atoms with van der Waals surface area (Å²) in [5, 5.41) is 28.9. The Labute approximate surface area is 266 Å². The van der Waals surface area contributed by atoms with Crippen molar-refractivity contribution in [1.82, 2.24) is 30.0 Å². The normalized spacial score (nSPS) is 21.2. The molecule has 0 bridgehead atoms. The van der Waals surface area contributed by atoms with E-state index in [1.165, 1.54) is 6.20 Å². The summed E-state index contributed by atoms with van der Waals surface area (Å²) in [4.78, 5) is 11.4. The quantitative estimate of drug-likeness (QED) is 0.219. The number of nitrogens with zero attached hydrogens (tertiary/aromatic N) is 7. The molecular formula is C34H34ClFN8O. The minimum absolute atomic E-state index is 0.00189. The van der Waals surface area contributed by atoms with Crippen LogP contribution in [0.1, 0.15) is 56.2 Å². The minimum Gasteiger partial charge on any atom is -0.472 e. The summed E-state index contributed by atoms with van der Waals surface area (Å²) in [5.74, 6) is -0.397. The Kier molecular flexibility index (Phi) is 8.82. The molecule has 0 saturated carbocycles. The average molecular weight is 625 g/mol. The molecule has 4 aromatic rings. The van der Waals surface area contributed by atoms with Gasteiger partial charge in [0.1, 0.15) is 17.7 Å². The van der Waals surface area contributed by atoms with Crippen LogP contribution in [-0.4, -0.2) is 63.0 Å². The molecule has 45 heavy (non-hydrogen) atoms. The second-order valence-electron chi connectivity index (χ2n) is 11.7. The van der Waals surface area contributed by atoms with Gasteiger partial charge in [-0.25, -0.2) is 9.37 Å². The number of nitrogens with one attached hydrogen (secondary N) is 1. The molecule has 3 aromatic heterocycles. The van der Waals surface area contributed by atoms with Crippen LogP contribution in [0, 0.1) is 28.5 Å². The number of allylic oxidation sites excluding steroid dienone is 2. The molecule has 4 atom stereocenters. The van der Waals surface area contributed by atoms with Crippen LogP contribution in [0.25, 0.3) is 39.1 Å². The lowest BCUT2D eigenvalue weighted by Crippen LogP contribution is -2.38. The maximum atomic E-state index is 16.9. The fraction of sp³-hybridized carbons (Fsp3) is 0.382. The van der Waals surface area contributed by atoms with Gasteiger partial charge in [-0.2, -0.15) is 15.6 Å². The maximum Gasteiger partial charge on any atom is 0.225 e. The van der Waals surface area contributed by atoms with Gasteiger partial charge in [0, 0.05) is 23.7 Å². The summed E-state index contributed by atoms with van der Waals surface area (Å²) in [7, 11) is 2.08. The highest BCUT2D eigenvalue weighted by molar-refractivity contribution is 6.34. The van der Waals surface area contributed by atoms with E-state index in [1.54, 1.807) is 36.6 Å². The number of hydrogen-bond donors (Lipinski definition) is 1. The Morgan fingerprint density at radius 2 is 2.16 bits per heavy atom. The van der Waals surface area contributed by atoms with Crippen molar-refractivity contribution in [3.8, 4) is 29.3 Å². The van der Waals surface area contributed by atoms with Crippen LogP contribution < -0.4 is 10.1 Å². The van der Waals surface area contributed by atoms with E-state index in [1.807, 2.05) is 11.6 Å². The summed E-state index contributed by atoms with van der Waals surface area (Å²) in [5.41, 5.74) is 1.62. The standard InChI is InChI=1S/C34H34ClFN8O/c1-4-5-7-21-10-13-40-31(25(21)18-38)29-27(35)17-24-32(30(29)36)42-34(45-20(2)28-8-6-15-43(28)3)26-19-41-44(33(24)26)23-11-14-39-22(16-23)9-12-37/h4-5,7,10,13,17,19-20,22-23,28,39H,1,6,8-9,11,14-16H2,2-3H3/b7-5-/t20-,22+,23-,28-/m0/s1. The van der Waals surface area contributed by atoms with E-state index in [0.29, 0.717) is 40.6 Å². The molecule has 6 rings (SSSR count). The second-order valence-corrected chi connectivity index (χ2v) is 12.2. The molecule has 2 aliphatic heterocycles. The monoisotopic (exact) mass is 624 g/mol. The molecule has 0 radical (unpaired) electrons. The zero-order valence-electron chi connectivity index (χ0n) is 25.3. The Morgan fingerprint density at radius 3 is 2.89 bits per heavy atom. The molecule has 1 N–H and O–H groups in total. The molecule has 0 unspecified atom stereocenters. The molecular weight excluding hydrogens is 591 g/mol. The average Bonchev–Trinajstić information content (AvgIpc) is 3.68. The van der Waals surface area contributed by atoms with Crippen molar-refractivity contribution in [2.24, 2.45) is 0 Å². The summed E-state index contributed by atoms with van der Waals surface area (Å²) in [6, 6.07) is 8.00. The number of ether oxygens (including phenoxy) is 1. The van der Waals surface area contributed by atoms with Gasteiger partial charge in [-0.15, -0.1) is 0 Å². The van der Waals surface area contributed by atoms with Crippen LogP contribution in [0.2, 0.25) is 5.02 Å². The van der Waals surface area contributed by atoms with Gasteiger partial charge in [-0.05, 0) is 70.4 Å². The number of fused-ring (bicyclic) bond motifs is 3. The summed E-state index contributed by atoms with van der Waals surface area (Å²) < 4.78 is 25.4. The van der Waals surface area contributed by atoms with E-state index in [9.17, 15) is 10.5 Å². The zero-order chi connectivity index (χ0) is 31.7. The number of likely N-dealkylation sites (N-methyl/N-ethyl adjacent to an activating group) is 1. The smallest absolute Gasteiger partial charge is 0.225 e. The Balaban J connectivity index is 1.57. The third-order valence-corrected chi connectivity index (χ3v) is 9.30. The highest BCUT2D eigenvalue weighted by atomic mass is 35.5. The highest BCUT2D eigenvalue weighted by Crippen LogP contribution is 2.42. The molecule has 2 fully saturated rings. The predicted octanol–water partition coefficient (Wildman–Crippen LogP) is 6.58. The van der Waals surface area contributed by atoms with Crippen LogP contribution in [0.15, 0.2) is 43.3 Å². The van der Waals surface area contributed by atoms with Gasteiger partial charge >= 0.3 is 0 Å². The van der Waals surface area contributed by atoms with Gasteiger partial charge in [0.05, 0.1) is 57.5 Å². The van der Waals surface area contributed by atoms with E-state index in [2.05, 4.69) is 41.0 Å². The van der Waals surface area contributed by atoms with Crippen LogP contribution in [0.4, 0.5) is 4.39 Å². The van der Waals surface area contributed by atoms with Gasteiger partial charge in [0.2, 0.25) is 5.88 Å². The topological polar surface area (TPSA) is 116 Å². The van der Waals surface area contributed by atoms with E-state index in [-0.39, 0.29) is 51.6 Å². The Hall–Kier alpha value is -4.35. The van der Waals surface area contributed by atoms with Gasteiger partial charge in [-0.1, -0.05) is 36.4 Å². The van der Waals surface area contributed by atoms with Crippen molar-refractivity contribution < 1.29 is 9.13 Å². The van der Waals surface area contributed by atoms with Crippen LogP contribution >= 0.6 is 11.6 Å². The van der Waals surface area contributed by atoms with Crippen LogP contribution in [-0.2, 0) is 0 Å². The van der Waals surface area contributed by atoms with E-state index in [0.717, 1.165) is 32.4 Å². The Bertz CT molecular complexity index is 1890. The van der Waals surface area contributed by atoms with E-state index >= 15 is 4.39 Å². The van der Waals surface area contributed by atoms with Gasteiger partial charge in [0.25, 0.3) is 0 Å². The zero-order valence-corrected chi connectivity index (χ0v) is 26.1. The number of nitriles is 2. The number of halogens is 2. The first kappa shape index (κ1) is 30.7. The number of likely N-dealkylation sites (tertiary alicyclic amines) is 1. The summed E-state index contributed by atoms with van der Waals surface area (Å²) >= 11 is 6.86. The molecule has 0 spiro atoms. The van der Waals surface area contributed by atoms with Crippen LogP contribution in [0.5, 0.6) is 5.88 Å². The lowest BCUT2D eigenvalue weighted by Gasteiger charge is -2.30. The van der Waals surface area contributed by atoms with Crippen LogP contribution in [0.3, 0.4) is 0 Å². The molecule has 9 nitrogen and oxygen atoms in total. The van der Waals surface area contributed by atoms with Crippen molar-refractivity contribution in [2.45, 2.75) is 63.3 Å². The molecule has 5 heterocycles. The third kappa shape index (κ3) is 5.66. The molecule has 2 saturated heterocycles. The second kappa shape index (κ2) is 12.9. The van der Waals surface area contributed by atoms with Crippen molar-refractivity contribution in [2.75, 3.05) is 20.1 Å². The highest BCUT2D eigenvalue weighted by Gasteiger charge is 2.32. The van der Waals surface area contributed by atoms with E-state index < -0.39 is 5.82 Å². The number of pyridine rings is 2. The molecule has 0 aliphatic carbocycles. The molecule has 2 aliphatic rings. The number of piperidine rings is 1. The van der Waals surface area contributed by atoms with Crippen molar-refractivity contribution in [1.29, 1.82) is 10.5 Å². The molecule has 230 valence electrons. The fourth-order valence-corrected chi connectivity index (χ4v) is 7.06. The van der Waals surface area contributed by atoms with Gasteiger partial charge < -0.3 is 10.1 Å². The lowest BCUT2D eigenvalue weighted by atomic mass is 9.97. The first-order chi connectivity index (χ1) is 21.9. The Morgan fingerprint density at radius 1 is 1.31 bits per heavy atom. The minimum atomic E-state index is -0.691. The number of hydrogen-bond acceptors (Lipinski definition) is 8. The number of benzene rings is 1. The lowest BCUT2D eigenvalue weighted by molar-refractivity contribution is 0.119. The van der Waals surface area contributed by atoms with Crippen molar-refractivity contribution >= 4 is 39.5 Å². The largest absolute Gasteiger partial charge is 0.472 e. The van der Waals surface area contributed by atoms with Crippen molar-refractivity contribution in [3.63, 3.8) is 0 Å². The molecule has 0 amide bonds. The molecule has 11 heteroatoms. The first-order valence-corrected chi connectivity index (χ1v) is 15.6. The first-order valence-electron chi connectivity index (χ1n) is 15.2. The van der Waals surface area contributed by atoms with Gasteiger partial charge in [-0.3, -0.25) is 14.6 Å². The number of aromatic nitrogens is 4. The maximum absolute atomic E-state index is 16.9. The summed E-state index contributed by atoms with van der Waals surface area (Å²) in [6.45, 7) is 7.43. The summed E-state index contributed by atoms with van der Waals surface area (Å²) in [6.07, 6.45) is 12.0. The third-order valence-electron chi connectivity index (χ3n) is 9.00. The predicted molar refractivity (Wildman–Crippen MR) is 173 cm³/mol. The van der Waals surface area contributed by atoms with Gasteiger partial charge in [0.15, 0.2) is 5.82 Å². The SMILES string of the molecule is C=C/C=C\c1ccnc(-c2c(Cl)cc3c(nc(O[C@@H](C)[C@@H]4CCCN4C)c4cnn([C@H]5CCN[C@H](CC#N)C5)c43)c2F)c1C#N. The molecule has 1 aromatic carbocycles. The fourth-order valence-electron chi connectivity index (χ4n) is 6.78. The number of rotatable bonds is 8.